The van der Waals surface area contributed by atoms with Crippen LogP contribution in [0.5, 0.6) is 0 Å². The minimum absolute atomic E-state index is 0.143. The van der Waals surface area contributed by atoms with Crippen LogP contribution in [0.4, 0.5) is 0 Å². The Morgan fingerprint density at radius 3 is 2.53 bits per heavy atom. The molecule has 0 aliphatic carbocycles. The smallest absolute Gasteiger partial charge is 0.0944 e. The molecule has 0 aliphatic heterocycles. The lowest BCUT2D eigenvalue weighted by Gasteiger charge is -2.08. The second kappa shape index (κ2) is 5.91. The molecule has 0 amide bonds. The van der Waals surface area contributed by atoms with Gasteiger partial charge in [-0.15, -0.1) is 0 Å². The molecule has 1 unspecified atom stereocenters. The van der Waals surface area contributed by atoms with Crippen LogP contribution in [0.25, 0.3) is 0 Å². The monoisotopic (exact) mass is 268 g/mol. The fourth-order valence-electron chi connectivity index (χ4n) is 1.39. The zero-order valence-electron chi connectivity index (χ0n) is 9.20. The average Bonchev–Trinajstić information content (AvgIpc) is 2.18. The van der Waals surface area contributed by atoms with E-state index >= 15 is 0 Å². The highest BCUT2D eigenvalue weighted by atomic mass is 79.9. The quantitative estimate of drug-likeness (QED) is 0.657. The minimum atomic E-state index is 0.143. The molecule has 82 valence electrons. The van der Waals surface area contributed by atoms with Gasteiger partial charge < -0.3 is 5.73 Å². The molecule has 0 aromatic heterocycles. The van der Waals surface area contributed by atoms with Crippen LogP contribution in [0.3, 0.4) is 0 Å². The van der Waals surface area contributed by atoms with Crippen LogP contribution in [0.2, 0.25) is 0 Å². The van der Waals surface area contributed by atoms with E-state index in [4.69, 9.17) is 5.73 Å². The van der Waals surface area contributed by atoms with Crippen molar-refractivity contribution in [1.29, 1.82) is 0 Å². The van der Waals surface area contributed by atoms with E-state index in [-0.39, 0.29) is 6.04 Å². The van der Waals surface area contributed by atoms with E-state index in [9.17, 15) is 0 Å². The van der Waals surface area contributed by atoms with Crippen LogP contribution in [0.1, 0.15) is 38.3 Å². The zero-order valence-corrected chi connectivity index (χ0v) is 10.8. The summed E-state index contributed by atoms with van der Waals surface area (Å²) in [5.74, 6) is 0.743. The van der Waals surface area contributed by atoms with Gasteiger partial charge >= 0.3 is 0 Å². The molecule has 1 rings (SSSR count). The number of halogens is 1. The van der Waals surface area contributed by atoms with Gasteiger partial charge in [-0.25, -0.2) is 0 Å². The number of nitrogens with zero attached hydrogens (tertiary/aromatic N) is 1. The van der Waals surface area contributed by atoms with Crippen molar-refractivity contribution in [1.82, 2.24) is 0 Å². The Labute approximate surface area is 99.7 Å². The summed E-state index contributed by atoms with van der Waals surface area (Å²) in [4.78, 5) is 4.45. The van der Waals surface area contributed by atoms with Crippen LogP contribution in [-0.2, 0) is 0 Å². The molecule has 1 atom stereocenters. The largest absolute Gasteiger partial charge is 0.387 e. The molecular formula is C12H17BrN2. The van der Waals surface area contributed by atoms with Gasteiger partial charge in [-0.3, -0.25) is 4.99 Å². The van der Waals surface area contributed by atoms with Gasteiger partial charge in [0.2, 0.25) is 0 Å². The first-order chi connectivity index (χ1) is 7.13. The van der Waals surface area contributed by atoms with E-state index in [1.54, 1.807) is 0 Å². The lowest BCUT2D eigenvalue weighted by molar-refractivity contribution is 0.805. The summed E-state index contributed by atoms with van der Waals surface area (Å²) in [6.45, 7) is 4.17. The van der Waals surface area contributed by atoms with Gasteiger partial charge in [0.05, 0.1) is 11.9 Å². The summed E-state index contributed by atoms with van der Waals surface area (Å²) in [7, 11) is 0. The first kappa shape index (κ1) is 12.2. The minimum Gasteiger partial charge on any atom is -0.387 e. The van der Waals surface area contributed by atoms with Gasteiger partial charge in [-0.2, -0.15) is 0 Å². The predicted molar refractivity (Wildman–Crippen MR) is 69.1 cm³/mol. The lowest BCUT2D eigenvalue weighted by Crippen LogP contribution is -2.12. The van der Waals surface area contributed by atoms with Crippen molar-refractivity contribution in [2.45, 2.75) is 32.7 Å². The molecule has 0 saturated carbocycles. The fourth-order valence-corrected chi connectivity index (χ4v) is 1.65. The fraction of sp³-hybridized carbons (Fsp3) is 0.417. The molecule has 2 N–H and O–H groups in total. The van der Waals surface area contributed by atoms with Crippen molar-refractivity contribution in [3.05, 3.63) is 34.3 Å². The van der Waals surface area contributed by atoms with Gasteiger partial charge in [-0.05, 0) is 31.0 Å². The molecule has 0 fully saturated rings. The number of benzene rings is 1. The Hall–Kier alpha value is -0.830. The maximum Gasteiger partial charge on any atom is 0.0944 e. The third kappa shape index (κ3) is 4.04. The maximum atomic E-state index is 5.79. The summed E-state index contributed by atoms with van der Waals surface area (Å²) in [5, 5.41) is 0. The zero-order chi connectivity index (χ0) is 11.3. The number of hydrogen-bond donors (Lipinski definition) is 1. The summed E-state index contributed by atoms with van der Waals surface area (Å²) < 4.78 is 1.09. The molecular weight excluding hydrogens is 252 g/mol. The highest BCUT2D eigenvalue weighted by Crippen LogP contribution is 2.19. The molecule has 0 saturated heterocycles. The van der Waals surface area contributed by atoms with Crippen molar-refractivity contribution in [3.8, 4) is 0 Å². The molecule has 2 nitrogen and oxygen atoms in total. The Morgan fingerprint density at radius 2 is 2.00 bits per heavy atom. The average molecular weight is 269 g/mol. The van der Waals surface area contributed by atoms with Crippen LogP contribution in [0, 0.1) is 0 Å². The molecule has 1 aromatic carbocycles. The van der Waals surface area contributed by atoms with Crippen LogP contribution in [-0.4, -0.2) is 5.84 Å². The van der Waals surface area contributed by atoms with Crippen molar-refractivity contribution in [3.63, 3.8) is 0 Å². The van der Waals surface area contributed by atoms with Crippen LogP contribution < -0.4 is 5.73 Å². The Morgan fingerprint density at radius 1 is 1.40 bits per heavy atom. The summed E-state index contributed by atoms with van der Waals surface area (Å²) in [5.41, 5.74) is 6.99. The number of aliphatic imine (C=N–C) groups is 1. The van der Waals surface area contributed by atoms with E-state index in [1.807, 2.05) is 12.1 Å². The Bertz CT molecular complexity index is 330. The first-order valence-corrected chi connectivity index (χ1v) is 6.00. The highest BCUT2D eigenvalue weighted by molar-refractivity contribution is 9.10. The molecule has 0 spiro atoms. The summed E-state index contributed by atoms with van der Waals surface area (Å²) in [6.07, 6.45) is 1.92. The van der Waals surface area contributed by atoms with Crippen molar-refractivity contribution >= 4 is 21.8 Å². The van der Waals surface area contributed by atoms with Gasteiger partial charge in [0.25, 0.3) is 0 Å². The number of rotatable bonds is 4. The van der Waals surface area contributed by atoms with Crippen LogP contribution in [0.15, 0.2) is 33.7 Å². The SMILES string of the molecule is CCCC(N)=NC(C)c1ccc(Br)cc1. The Kier molecular flexibility index (Phi) is 4.82. The highest BCUT2D eigenvalue weighted by Gasteiger charge is 2.03. The van der Waals surface area contributed by atoms with E-state index < -0.39 is 0 Å². The predicted octanol–water partition coefficient (Wildman–Crippen LogP) is 3.67. The summed E-state index contributed by atoms with van der Waals surface area (Å²) >= 11 is 3.41. The molecule has 0 aliphatic rings. The van der Waals surface area contributed by atoms with Crippen LogP contribution >= 0.6 is 15.9 Å². The molecule has 0 bridgehead atoms. The number of amidine groups is 1. The number of hydrogen-bond acceptors (Lipinski definition) is 1. The topological polar surface area (TPSA) is 38.4 Å². The van der Waals surface area contributed by atoms with Gasteiger partial charge in [-0.1, -0.05) is 35.0 Å². The normalized spacial score (nSPS) is 13.9. The van der Waals surface area contributed by atoms with Gasteiger partial charge in [0, 0.05) is 10.9 Å². The van der Waals surface area contributed by atoms with Gasteiger partial charge in [0.1, 0.15) is 0 Å². The summed E-state index contributed by atoms with van der Waals surface area (Å²) in [6, 6.07) is 8.33. The second-order valence-electron chi connectivity index (χ2n) is 3.60. The molecule has 1 aromatic rings. The first-order valence-electron chi connectivity index (χ1n) is 5.21. The second-order valence-corrected chi connectivity index (χ2v) is 4.51. The Balaban J connectivity index is 2.72. The standard InChI is InChI=1S/C12H17BrN2/c1-3-4-12(14)15-9(2)10-5-7-11(13)8-6-10/h5-9H,3-4H2,1-2H3,(H2,14,15). The third-order valence-corrected chi connectivity index (χ3v) is 2.75. The third-order valence-electron chi connectivity index (χ3n) is 2.22. The lowest BCUT2D eigenvalue weighted by atomic mass is 10.1. The molecule has 0 radical (unpaired) electrons. The molecule has 3 heteroatoms. The van der Waals surface area contributed by atoms with Crippen molar-refractivity contribution in [2.75, 3.05) is 0 Å². The van der Waals surface area contributed by atoms with E-state index in [2.05, 4.69) is 46.9 Å². The van der Waals surface area contributed by atoms with E-state index in [1.165, 1.54) is 5.56 Å². The maximum absolute atomic E-state index is 5.79. The molecule has 15 heavy (non-hydrogen) atoms. The van der Waals surface area contributed by atoms with Crippen molar-refractivity contribution < 1.29 is 0 Å². The molecule has 0 heterocycles. The van der Waals surface area contributed by atoms with E-state index in [0.29, 0.717) is 0 Å². The van der Waals surface area contributed by atoms with E-state index in [0.717, 1.165) is 23.1 Å². The number of nitrogens with two attached hydrogens (primary N) is 1. The van der Waals surface area contributed by atoms with Gasteiger partial charge in [0.15, 0.2) is 0 Å². The van der Waals surface area contributed by atoms with Crippen molar-refractivity contribution in [2.24, 2.45) is 10.7 Å².